The van der Waals surface area contributed by atoms with Crippen molar-refractivity contribution in [2.24, 2.45) is 5.92 Å². The molecule has 1 aromatic carbocycles. The molecule has 3 unspecified atom stereocenters. The van der Waals surface area contributed by atoms with Crippen LogP contribution in [0.3, 0.4) is 0 Å². The number of rotatable bonds is 7. The molecule has 0 radical (unpaired) electrons. The molecule has 8 nitrogen and oxygen atoms in total. The predicted molar refractivity (Wildman–Crippen MR) is 150 cm³/mol. The van der Waals surface area contributed by atoms with Gasteiger partial charge in [-0.1, -0.05) is 44.2 Å². The summed E-state index contributed by atoms with van der Waals surface area (Å²) in [5, 5.41) is 12.6. The van der Waals surface area contributed by atoms with E-state index in [-0.39, 0.29) is 17.5 Å². The third-order valence-corrected chi connectivity index (χ3v) is 9.76. The first-order chi connectivity index (χ1) is 18.6. The molecule has 38 heavy (non-hydrogen) atoms. The molecular formula is C30H43N5O3. The van der Waals surface area contributed by atoms with Crippen LogP contribution >= 0.6 is 0 Å². The van der Waals surface area contributed by atoms with Crippen molar-refractivity contribution in [2.45, 2.75) is 101 Å². The van der Waals surface area contributed by atoms with Gasteiger partial charge in [-0.15, -0.1) is 0 Å². The Morgan fingerprint density at radius 2 is 1.63 bits per heavy atom. The molecule has 0 spiro atoms. The summed E-state index contributed by atoms with van der Waals surface area (Å²) < 4.78 is 2.06. The summed E-state index contributed by atoms with van der Waals surface area (Å²) in [6, 6.07) is 10.1. The number of hydrogen-bond donors (Lipinski definition) is 2. The van der Waals surface area contributed by atoms with E-state index in [0.717, 1.165) is 36.5 Å². The first-order valence-electron chi connectivity index (χ1n) is 15.1. The van der Waals surface area contributed by atoms with Crippen LogP contribution in [0.4, 0.5) is 5.82 Å². The number of hydrogen-bond acceptors (Lipinski definition) is 6. The van der Waals surface area contributed by atoms with Crippen molar-refractivity contribution in [3.63, 3.8) is 0 Å². The molecule has 4 aliphatic rings. The summed E-state index contributed by atoms with van der Waals surface area (Å²) >= 11 is 0. The molecule has 206 valence electrons. The smallest absolute Gasteiger partial charge is 0.307 e. The number of aromatic nitrogens is 2. The second-order valence-electron chi connectivity index (χ2n) is 12.1. The van der Waals surface area contributed by atoms with Crippen molar-refractivity contribution in [3.05, 3.63) is 34.6 Å². The van der Waals surface area contributed by atoms with Gasteiger partial charge in [-0.05, 0) is 63.6 Å². The summed E-state index contributed by atoms with van der Waals surface area (Å²) in [6.45, 7) is 2.66. The van der Waals surface area contributed by atoms with E-state index in [9.17, 15) is 14.7 Å². The van der Waals surface area contributed by atoms with E-state index in [1.165, 1.54) is 57.8 Å². The highest BCUT2D eigenvalue weighted by atomic mass is 16.4. The fourth-order valence-corrected chi connectivity index (χ4v) is 7.93. The van der Waals surface area contributed by atoms with Gasteiger partial charge < -0.3 is 19.9 Å². The van der Waals surface area contributed by atoms with Crippen molar-refractivity contribution in [1.82, 2.24) is 19.4 Å². The van der Waals surface area contributed by atoms with E-state index in [2.05, 4.69) is 19.7 Å². The third kappa shape index (κ3) is 5.22. The highest BCUT2D eigenvalue weighted by Crippen LogP contribution is 2.44. The molecule has 4 fully saturated rings. The van der Waals surface area contributed by atoms with Crippen LogP contribution in [0.1, 0.15) is 83.1 Å². The molecule has 2 aromatic rings. The Labute approximate surface area is 225 Å². The molecule has 3 atom stereocenters. The van der Waals surface area contributed by atoms with Crippen LogP contribution in [-0.4, -0.2) is 74.7 Å². The molecule has 8 heteroatoms. The standard InChI is InChI=1S/C30H43N5O3/c36-29-28(31-15-17-33-16-14-21(20-33)30(37)38)32-26-10-6-7-11-27(26)35(29)25-18-23-12-13-24(19-25)34(23)22-8-4-2-1-3-5-9-22/h6-7,10-11,21-25H,1-5,8-9,12-20H2,(H,31,32)(H,37,38). The van der Waals surface area contributed by atoms with Crippen molar-refractivity contribution in [2.75, 3.05) is 31.5 Å². The minimum absolute atomic E-state index is 0.0164. The number of para-hydroxylation sites is 2. The van der Waals surface area contributed by atoms with Crippen molar-refractivity contribution in [3.8, 4) is 0 Å². The molecule has 6 rings (SSSR count). The lowest BCUT2D eigenvalue weighted by Crippen LogP contribution is -2.50. The van der Waals surface area contributed by atoms with Crippen LogP contribution < -0.4 is 10.9 Å². The normalized spacial score (nSPS) is 29.4. The van der Waals surface area contributed by atoms with E-state index in [0.29, 0.717) is 44.0 Å². The Kier molecular flexibility index (Phi) is 7.70. The molecule has 2 N–H and O–H groups in total. The fraction of sp³-hybridized carbons (Fsp3) is 0.700. The van der Waals surface area contributed by atoms with Gasteiger partial charge in [-0.2, -0.15) is 0 Å². The average molecular weight is 522 g/mol. The Balaban J connectivity index is 1.19. The number of carboxylic acid groups (broad SMARTS) is 1. The predicted octanol–water partition coefficient (Wildman–Crippen LogP) is 4.50. The molecule has 2 bridgehead atoms. The zero-order chi connectivity index (χ0) is 26.1. The van der Waals surface area contributed by atoms with Crippen LogP contribution in [0.5, 0.6) is 0 Å². The molecule has 3 saturated heterocycles. The van der Waals surface area contributed by atoms with E-state index >= 15 is 0 Å². The maximum absolute atomic E-state index is 13.9. The number of carbonyl (C=O) groups is 1. The van der Waals surface area contributed by atoms with E-state index in [4.69, 9.17) is 4.98 Å². The Hall–Kier alpha value is -2.45. The summed E-state index contributed by atoms with van der Waals surface area (Å²) in [4.78, 5) is 35.0. The van der Waals surface area contributed by atoms with Gasteiger partial charge >= 0.3 is 5.97 Å². The molecule has 1 aromatic heterocycles. The lowest BCUT2D eigenvalue weighted by molar-refractivity contribution is -0.141. The maximum Gasteiger partial charge on any atom is 0.307 e. The van der Waals surface area contributed by atoms with Crippen LogP contribution in [-0.2, 0) is 4.79 Å². The minimum Gasteiger partial charge on any atom is -0.481 e. The highest BCUT2D eigenvalue weighted by molar-refractivity contribution is 5.76. The molecule has 0 amide bonds. The van der Waals surface area contributed by atoms with Crippen LogP contribution in [0.25, 0.3) is 11.0 Å². The minimum atomic E-state index is -0.714. The molecular weight excluding hydrogens is 478 g/mol. The quantitative estimate of drug-likeness (QED) is 0.555. The summed E-state index contributed by atoms with van der Waals surface area (Å²) in [6.07, 6.45) is 14.9. The van der Waals surface area contributed by atoms with Crippen molar-refractivity contribution >= 4 is 22.8 Å². The number of aliphatic carboxylic acids is 1. The Bertz CT molecular complexity index is 1180. The number of likely N-dealkylation sites (tertiary alicyclic amines) is 1. The number of nitrogens with zero attached hydrogens (tertiary/aromatic N) is 4. The van der Waals surface area contributed by atoms with Gasteiger partial charge in [-0.3, -0.25) is 14.5 Å². The summed E-state index contributed by atoms with van der Waals surface area (Å²) in [5.74, 6) is -0.573. The lowest BCUT2D eigenvalue weighted by Gasteiger charge is -2.45. The van der Waals surface area contributed by atoms with Gasteiger partial charge in [0.2, 0.25) is 0 Å². The molecule has 1 aliphatic carbocycles. The number of fused-ring (bicyclic) bond motifs is 3. The Morgan fingerprint density at radius 3 is 2.34 bits per heavy atom. The first-order valence-corrected chi connectivity index (χ1v) is 15.1. The van der Waals surface area contributed by atoms with E-state index in [1.807, 2.05) is 24.3 Å². The largest absolute Gasteiger partial charge is 0.481 e. The van der Waals surface area contributed by atoms with Crippen molar-refractivity contribution < 1.29 is 9.90 Å². The van der Waals surface area contributed by atoms with Gasteiger partial charge in [0, 0.05) is 43.8 Å². The summed E-state index contributed by atoms with van der Waals surface area (Å²) in [7, 11) is 0. The number of carboxylic acids is 1. The molecule has 3 aliphatic heterocycles. The topological polar surface area (TPSA) is 90.7 Å². The first kappa shape index (κ1) is 25.8. The lowest BCUT2D eigenvalue weighted by atomic mass is 9.89. The monoisotopic (exact) mass is 521 g/mol. The van der Waals surface area contributed by atoms with Crippen molar-refractivity contribution in [1.29, 1.82) is 0 Å². The number of nitrogens with one attached hydrogen (secondary N) is 1. The zero-order valence-electron chi connectivity index (χ0n) is 22.6. The van der Waals surface area contributed by atoms with Crippen LogP contribution in [0.15, 0.2) is 29.1 Å². The van der Waals surface area contributed by atoms with Crippen LogP contribution in [0.2, 0.25) is 0 Å². The number of piperidine rings is 1. The van der Waals surface area contributed by atoms with Gasteiger partial charge in [0.25, 0.3) is 5.56 Å². The highest BCUT2D eigenvalue weighted by Gasteiger charge is 2.44. The van der Waals surface area contributed by atoms with Gasteiger partial charge in [0.15, 0.2) is 5.82 Å². The van der Waals surface area contributed by atoms with Crippen LogP contribution in [0, 0.1) is 5.92 Å². The molecule has 4 heterocycles. The number of anilines is 1. The SMILES string of the molecule is O=C(O)C1CCN(CCNc2nc3ccccc3n(C3CC4CCC(C3)N4C3CCCCCCC3)c2=O)C1. The average Bonchev–Trinajstić information content (AvgIpc) is 3.46. The maximum atomic E-state index is 13.9. The summed E-state index contributed by atoms with van der Waals surface area (Å²) in [5.41, 5.74) is 1.78. The second-order valence-corrected chi connectivity index (χ2v) is 12.1. The van der Waals surface area contributed by atoms with Gasteiger partial charge in [0.1, 0.15) is 0 Å². The number of benzene rings is 1. The molecule has 1 saturated carbocycles. The third-order valence-electron chi connectivity index (χ3n) is 9.76. The van der Waals surface area contributed by atoms with Gasteiger partial charge in [0.05, 0.1) is 17.0 Å². The second kappa shape index (κ2) is 11.3. The Morgan fingerprint density at radius 1 is 0.921 bits per heavy atom. The zero-order valence-corrected chi connectivity index (χ0v) is 22.6. The van der Waals surface area contributed by atoms with Gasteiger partial charge in [-0.25, -0.2) is 4.98 Å². The fourth-order valence-electron chi connectivity index (χ4n) is 7.93. The van der Waals surface area contributed by atoms with E-state index < -0.39 is 5.97 Å². The van der Waals surface area contributed by atoms with E-state index in [1.54, 1.807) is 0 Å².